The van der Waals surface area contributed by atoms with Gasteiger partial charge in [-0.3, -0.25) is 14.5 Å². The Morgan fingerprint density at radius 1 is 1.27 bits per heavy atom. The number of allylic oxidation sites excluding steroid dienone is 2. The van der Waals surface area contributed by atoms with E-state index in [2.05, 4.69) is 0 Å². The molecule has 2 rings (SSSR count). The van der Waals surface area contributed by atoms with E-state index < -0.39 is 23.9 Å². The maximum absolute atomic E-state index is 12.6. The summed E-state index contributed by atoms with van der Waals surface area (Å²) in [5, 5.41) is 18.1. The van der Waals surface area contributed by atoms with Crippen LogP contribution in [0.2, 0.25) is 0 Å². The zero-order valence-electron chi connectivity index (χ0n) is 13.9. The Morgan fingerprint density at radius 3 is 2.50 bits per heavy atom. The van der Waals surface area contributed by atoms with Gasteiger partial charge in [-0.05, 0) is 30.6 Å². The number of thiocarbonyl (C=S) groups is 1. The van der Waals surface area contributed by atoms with Gasteiger partial charge in [-0.25, -0.2) is 4.79 Å². The molecule has 1 fully saturated rings. The average Bonchev–Trinajstić information content (AvgIpc) is 2.83. The van der Waals surface area contributed by atoms with Crippen molar-refractivity contribution in [3.63, 3.8) is 0 Å². The number of carboxylic acid groups (broad SMARTS) is 2. The van der Waals surface area contributed by atoms with Gasteiger partial charge in [0, 0.05) is 6.42 Å². The summed E-state index contributed by atoms with van der Waals surface area (Å²) in [5.74, 6) is -2.92. The normalized spacial score (nSPS) is 17.7. The topological polar surface area (TPSA) is 94.9 Å². The van der Waals surface area contributed by atoms with Crippen LogP contribution in [0, 0.1) is 0 Å². The van der Waals surface area contributed by atoms with Crippen molar-refractivity contribution >= 4 is 52.2 Å². The molecule has 1 atom stereocenters. The van der Waals surface area contributed by atoms with Gasteiger partial charge < -0.3 is 10.2 Å². The fourth-order valence-electron chi connectivity index (χ4n) is 2.43. The molecule has 1 heterocycles. The van der Waals surface area contributed by atoms with Crippen LogP contribution in [0.25, 0.3) is 6.08 Å². The molecule has 2 N–H and O–H groups in total. The highest BCUT2D eigenvalue weighted by Crippen LogP contribution is 2.34. The number of benzene rings is 1. The van der Waals surface area contributed by atoms with Crippen LogP contribution in [0.15, 0.2) is 46.9 Å². The number of thioether (sulfide) groups is 1. The highest BCUT2D eigenvalue weighted by atomic mass is 32.2. The van der Waals surface area contributed by atoms with Gasteiger partial charge in [-0.15, -0.1) is 0 Å². The lowest BCUT2D eigenvalue weighted by Crippen LogP contribution is -2.44. The Kier molecular flexibility index (Phi) is 6.70. The van der Waals surface area contributed by atoms with E-state index in [1.807, 2.05) is 43.3 Å². The van der Waals surface area contributed by atoms with E-state index in [1.165, 1.54) is 0 Å². The Balaban J connectivity index is 2.22. The molecule has 0 aromatic heterocycles. The molecule has 0 aliphatic carbocycles. The largest absolute Gasteiger partial charge is 0.481 e. The van der Waals surface area contributed by atoms with Gasteiger partial charge in [0.05, 0.1) is 4.91 Å². The van der Waals surface area contributed by atoms with Crippen molar-refractivity contribution in [1.29, 1.82) is 0 Å². The summed E-state index contributed by atoms with van der Waals surface area (Å²) >= 11 is 6.17. The number of hydrogen-bond donors (Lipinski definition) is 2. The van der Waals surface area contributed by atoms with E-state index >= 15 is 0 Å². The van der Waals surface area contributed by atoms with Gasteiger partial charge in [0.2, 0.25) is 0 Å². The third kappa shape index (κ3) is 5.03. The molecule has 0 bridgehead atoms. The lowest BCUT2D eigenvalue weighted by atomic mass is 10.1. The van der Waals surface area contributed by atoms with Crippen LogP contribution in [0.5, 0.6) is 0 Å². The number of carbonyl (C=O) groups excluding carboxylic acids is 1. The molecule has 1 aromatic carbocycles. The summed E-state index contributed by atoms with van der Waals surface area (Å²) in [6.07, 6.45) is 2.98. The van der Waals surface area contributed by atoms with Gasteiger partial charge in [0.1, 0.15) is 10.4 Å². The lowest BCUT2D eigenvalue weighted by Gasteiger charge is -2.22. The third-order valence-electron chi connectivity index (χ3n) is 3.60. The quantitative estimate of drug-likeness (QED) is 0.544. The first-order valence-corrected chi connectivity index (χ1v) is 8.97. The van der Waals surface area contributed by atoms with E-state index in [4.69, 9.17) is 17.3 Å². The third-order valence-corrected chi connectivity index (χ3v) is 4.93. The summed E-state index contributed by atoms with van der Waals surface area (Å²) in [5.41, 5.74) is 1.79. The van der Waals surface area contributed by atoms with Crippen molar-refractivity contribution in [2.24, 2.45) is 0 Å². The number of rotatable bonds is 7. The highest BCUT2D eigenvalue weighted by molar-refractivity contribution is 8.26. The fraction of sp³-hybridized carbons (Fsp3) is 0.222. The van der Waals surface area contributed by atoms with Crippen molar-refractivity contribution in [3.05, 3.63) is 52.4 Å². The monoisotopic (exact) mass is 391 g/mol. The average molecular weight is 391 g/mol. The maximum atomic E-state index is 12.6. The number of carboxylic acids is 2. The molecule has 6 nitrogen and oxygen atoms in total. The predicted molar refractivity (Wildman–Crippen MR) is 104 cm³/mol. The van der Waals surface area contributed by atoms with Crippen LogP contribution >= 0.6 is 24.0 Å². The summed E-state index contributed by atoms with van der Waals surface area (Å²) < 4.78 is 0.117. The second-order valence-corrected chi connectivity index (χ2v) is 7.31. The van der Waals surface area contributed by atoms with E-state index in [9.17, 15) is 19.5 Å². The molecular weight excluding hydrogens is 374 g/mol. The molecule has 26 heavy (non-hydrogen) atoms. The zero-order valence-corrected chi connectivity index (χ0v) is 15.5. The lowest BCUT2D eigenvalue weighted by molar-refractivity contribution is -0.146. The number of carbonyl (C=O) groups is 3. The molecule has 8 heteroatoms. The number of hydrogen-bond acceptors (Lipinski definition) is 5. The smallest absolute Gasteiger partial charge is 0.326 e. The van der Waals surface area contributed by atoms with E-state index in [1.54, 1.807) is 6.08 Å². The minimum atomic E-state index is -1.29. The predicted octanol–water partition coefficient (Wildman–Crippen LogP) is 3.15. The second-order valence-electron chi connectivity index (χ2n) is 5.64. The van der Waals surface area contributed by atoms with Gasteiger partial charge in [-0.1, -0.05) is 60.4 Å². The Bertz CT molecular complexity index is 801. The summed E-state index contributed by atoms with van der Waals surface area (Å²) in [6, 6.07) is 8.27. The standard InChI is InChI=1S/C18H17NO5S2/c1-11(9-12-5-3-2-4-6-12)10-14-16(22)19(18(25)26-14)13(17(23)24)7-8-15(20)21/h2-6,9-10,13H,7-8H2,1H3,(H,20,21)(H,23,24)/b11-9+,14-10-. The van der Waals surface area contributed by atoms with Crippen molar-refractivity contribution in [3.8, 4) is 0 Å². The van der Waals surface area contributed by atoms with Crippen molar-refractivity contribution in [2.75, 3.05) is 0 Å². The molecule has 1 unspecified atom stereocenters. The first-order valence-electron chi connectivity index (χ1n) is 7.74. The number of amides is 1. The Morgan fingerprint density at radius 2 is 1.92 bits per heavy atom. The van der Waals surface area contributed by atoms with Gasteiger partial charge in [-0.2, -0.15) is 0 Å². The molecular formula is C18H17NO5S2. The Labute approximate surface area is 160 Å². The van der Waals surface area contributed by atoms with E-state index in [0.717, 1.165) is 27.8 Å². The summed E-state index contributed by atoms with van der Waals surface area (Å²) in [7, 11) is 0. The maximum Gasteiger partial charge on any atom is 0.326 e. The Hall–Kier alpha value is -2.45. The van der Waals surface area contributed by atoms with Crippen molar-refractivity contribution < 1.29 is 24.6 Å². The molecule has 1 saturated heterocycles. The van der Waals surface area contributed by atoms with Gasteiger partial charge in [0.15, 0.2) is 0 Å². The molecule has 1 amide bonds. The van der Waals surface area contributed by atoms with Crippen LogP contribution < -0.4 is 0 Å². The van der Waals surface area contributed by atoms with Gasteiger partial charge >= 0.3 is 11.9 Å². The van der Waals surface area contributed by atoms with Crippen molar-refractivity contribution in [1.82, 2.24) is 4.90 Å². The van der Waals surface area contributed by atoms with Crippen molar-refractivity contribution in [2.45, 2.75) is 25.8 Å². The van der Waals surface area contributed by atoms with Crippen LogP contribution in [0.4, 0.5) is 0 Å². The minimum absolute atomic E-state index is 0.117. The van der Waals surface area contributed by atoms with Crippen LogP contribution in [0.1, 0.15) is 25.3 Å². The summed E-state index contributed by atoms with van der Waals surface area (Å²) in [4.78, 5) is 36.1. The highest BCUT2D eigenvalue weighted by Gasteiger charge is 2.40. The van der Waals surface area contributed by atoms with E-state index in [-0.39, 0.29) is 17.2 Å². The van der Waals surface area contributed by atoms with Crippen LogP contribution in [0.3, 0.4) is 0 Å². The second kappa shape index (κ2) is 8.77. The molecule has 0 saturated carbocycles. The fourth-order valence-corrected chi connectivity index (χ4v) is 3.84. The summed E-state index contributed by atoms with van der Waals surface area (Å²) in [6.45, 7) is 1.83. The number of nitrogens with zero attached hydrogens (tertiary/aromatic N) is 1. The molecule has 136 valence electrons. The SMILES string of the molecule is CC(/C=C1\SC(=S)N(C(CCC(=O)O)C(=O)O)C1=O)=C\c1ccccc1. The zero-order chi connectivity index (χ0) is 19.3. The van der Waals surface area contributed by atoms with E-state index in [0.29, 0.717) is 4.91 Å². The van der Waals surface area contributed by atoms with Crippen LogP contribution in [-0.2, 0) is 14.4 Å². The molecule has 1 aromatic rings. The first kappa shape index (κ1) is 19.9. The molecule has 0 spiro atoms. The molecule has 0 radical (unpaired) electrons. The number of aliphatic carboxylic acids is 2. The molecule has 1 aliphatic rings. The van der Waals surface area contributed by atoms with Crippen LogP contribution in [-0.4, -0.2) is 43.3 Å². The minimum Gasteiger partial charge on any atom is -0.481 e. The van der Waals surface area contributed by atoms with Gasteiger partial charge in [0.25, 0.3) is 5.91 Å². The first-order chi connectivity index (χ1) is 12.3. The molecule has 1 aliphatic heterocycles.